The van der Waals surface area contributed by atoms with Gasteiger partial charge in [0.2, 0.25) is 17.7 Å². The first-order valence-electron chi connectivity index (χ1n) is 8.11. The van der Waals surface area contributed by atoms with Crippen molar-refractivity contribution in [3.05, 3.63) is 35.2 Å². The minimum atomic E-state index is -0.0377. The number of ether oxygens (including phenoxy) is 1. The highest BCUT2D eigenvalue weighted by atomic mass is 35.5. The van der Waals surface area contributed by atoms with Gasteiger partial charge in [0.25, 0.3) is 0 Å². The van der Waals surface area contributed by atoms with Gasteiger partial charge >= 0.3 is 0 Å². The maximum absolute atomic E-state index is 12.0. The Morgan fingerprint density at radius 3 is 2.88 bits per heavy atom. The molecule has 7 heteroatoms. The van der Waals surface area contributed by atoms with E-state index in [4.69, 9.17) is 20.8 Å². The molecule has 2 atom stereocenters. The Balaban J connectivity index is 1.49. The van der Waals surface area contributed by atoms with Gasteiger partial charge in [-0.2, -0.15) is 0 Å². The van der Waals surface area contributed by atoms with Crippen molar-refractivity contribution in [3.63, 3.8) is 0 Å². The minimum absolute atomic E-state index is 0.0207. The van der Waals surface area contributed by atoms with E-state index >= 15 is 0 Å². The molecule has 1 saturated heterocycles. The fraction of sp³-hybridized carbons (Fsp3) is 0.471. The summed E-state index contributed by atoms with van der Waals surface area (Å²) < 4.78 is 11.2. The number of carbonyl (C=O) groups is 1. The standard InChI is InChI=1S/C17H20ClN3O3/c1-11(14-3-2-10-23-14)19-15(22)8-9-16-20-21-17(24-16)12-4-6-13(18)7-5-12/h4-7,11,14H,2-3,8-10H2,1H3,(H,19,22)/t11-,14+/m1/s1. The molecule has 1 aromatic carbocycles. The van der Waals surface area contributed by atoms with Crippen LogP contribution in [0.25, 0.3) is 11.5 Å². The van der Waals surface area contributed by atoms with Gasteiger partial charge in [-0.1, -0.05) is 11.6 Å². The zero-order chi connectivity index (χ0) is 16.9. The maximum Gasteiger partial charge on any atom is 0.247 e. The lowest BCUT2D eigenvalue weighted by atomic mass is 10.1. The lowest BCUT2D eigenvalue weighted by molar-refractivity contribution is -0.122. The fourth-order valence-corrected chi connectivity index (χ4v) is 2.83. The van der Waals surface area contributed by atoms with Gasteiger partial charge in [-0.25, -0.2) is 0 Å². The monoisotopic (exact) mass is 349 g/mol. The summed E-state index contributed by atoms with van der Waals surface area (Å²) >= 11 is 5.86. The predicted octanol–water partition coefficient (Wildman–Crippen LogP) is 3.01. The van der Waals surface area contributed by atoms with E-state index in [1.54, 1.807) is 12.1 Å². The summed E-state index contributed by atoms with van der Waals surface area (Å²) in [6.45, 7) is 2.75. The summed E-state index contributed by atoms with van der Waals surface area (Å²) in [6.07, 6.45) is 2.88. The highest BCUT2D eigenvalue weighted by Crippen LogP contribution is 2.20. The van der Waals surface area contributed by atoms with Crippen molar-refractivity contribution in [2.75, 3.05) is 6.61 Å². The zero-order valence-corrected chi connectivity index (χ0v) is 14.3. The van der Waals surface area contributed by atoms with Crippen LogP contribution in [0, 0.1) is 0 Å². The van der Waals surface area contributed by atoms with E-state index in [9.17, 15) is 4.79 Å². The summed E-state index contributed by atoms with van der Waals surface area (Å²) in [5, 5.41) is 11.6. The van der Waals surface area contributed by atoms with E-state index in [-0.39, 0.29) is 18.1 Å². The lowest BCUT2D eigenvalue weighted by Crippen LogP contribution is -2.40. The molecule has 0 saturated carbocycles. The Bertz CT molecular complexity index is 681. The van der Waals surface area contributed by atoms with Crippen LogP contribution in [-0.2, 0) is 16.0 Å². The van der Waals surface area contributed by atoms with Gasteiger partial charge in [0, 0.05) is 30.0 Å². The van der Waals surface area contributed by atoms with Gasteiger partial charge in [-0.3, -0.25) is 4.79 Å². The van der Waals surface area contributed by atoms with E-state index in [0.717, 1.165) is 25.0 Å². The number of rotatable bonds is 6. The van der Waals surface area contributed by atoms with E-state index in [1.165, 1.54) is 0 Å². The number of carbonyl (C=O) groups excluding carboxylic acids is 1. The molecular formula is C17H20ClN3O3. The van der Waals surface area contributed by atoms with Crippen LogP contribution in [0.1, 0.15) is 32.1 Å². The molecule has 128 valence electrons. The van der Waals surface area contributed by atoms with E-state index in [2.05, 4.69) is 15.5 Å². The number of halogens is 1. The molecule has 0 bridgehead atoms. The van der Waals surface area contributed by atoms with Crippen molar-refractivity contribution in [1.82, 2.24) is 15.5 Å². The number of amides is 1. The SMILES string of the molecule is C[C@@H](NC(=O)CCc1nnc(-c2ccc(Cl)cc2)o1)[C@@H]1CCCO1. The summed E-state index contributed by atoms with van der Waals surface area (Å²) in [5.41, 5.74) is 0.801. The lowest BCUT2D eigenvalue weighted by Gasteiger charge is -2.19. The van der Waals surface area contributed by atoms with Crippen molar-refractivity contribution in [1.29, 1.82) is 0 Å². The van der Waals surface area contributed by atoms with Crippen molar-refractivity contribution >= 4 is 17.5 Å². The maximum atomic E-state index is 12.0. The Hall–Kier alpha value is -1.92. The molecule has 0 spiro atoms. The molecule has 2 heterocycles. The third-order valence-corrected chi connectivity index (χ3v) is 4.29. The van der Waals surface area contributed by atoms with Gasteiger partial charge in [0.1, 0.15) is 0 Å². The Morgan fingerprint density at radius 2 is 2.17 bits per heavy atom. The first-order valence-corrected chi connectivity index (χ1v) is 8.49. The first-order chi connectivity index (χ1) is 11.6. The molecule has 24 heavy (non-hydrogen) atoms. The molecule has 0 radical (unpaired) electrons. The predicted molar refractivity (Wildman–Crippen MR) is 89.6 cm³/mol. The molecule has 0 aliphatic carbocycles. The van der Waals surface area contributed by atoms with Crippen molar-refractivity contribution in [2.24, 2.45) is 0 Å². The Labute approximate surface area is 145 Å². The van der Waals surface area contributed by atoms with Gasteiger partial charge in [-0.05, 0) is 44.0 Å². The van der Waals surface area contributed by atoms with Gasteiger partial charge in [0.15, 0.2) is 0 Å². The summed E-state index contributed by atoms with van der Waals surface area (Å²) in [7, 11) is 0. The van der Waals surface area contributed by atoms with Crippen LogP contribution in [0.2, 0.25) is 5.02 Å². The quantitative estimate of drug-likeness (QED) is 0.867. The third-order valence-electron chi connectivity index (χ3n) is 4.04. The van der Waals surface area contributed by atoms with Crippen LogP contribution in [0.3, 0.4) is 0 Å². The molecule has 1 N–H and O–H groups in total. The molecular weight excluding hydrogens is 330 g/mol. The normalized spacial score (nSPS) is 18.5. The first kappa shape index (κ1) is 16.9. The molecule has 2 aromatic rings. The minimum Gasteiger partial charge on any atom is -0.421 e. The molecule has 1 amide bonds. The average molecular weight is 350 g/mol. The van der Waals surface area contributed by atoms with E-state index in [1.807, 2.05) is 19.1 Å². The second-order valence-electron chi connectivity index (χ2n) is 5.92. The highest BCUT2D eigenvalue weighted by Gasteiger charge is 2.23. The molecule has 1 aromatic heterocycles. The topological polar surface area (TPSA) is 77.3 Å². The number of hydrogen-bond acceptors (Lipinski definition) is 5. The van der Waals surface area contributed by atoms with Crippen LogP contribution in [0.4, 0.5) is 0 Å². The second kappa shape index (κ2) is 7.77. The van der Waals surface area contributed by atoms with E-state index in [0.29, 0.717) is 29.6 Å². The van der Waals surface area contributed by atoms with Gasteiger partial charge in [-0.15, -0.1) is 10.2 Å². The molecule has 1 fully saturated rings. The molecule has 1 aliphatic heterocycles. The van der Waals surface area contributed by atoms with Gasteiger partial charge < -0.3 is 14.5 Å². The number of benzene rings is 1. The summed E-state index contributed by atoms with van der Waals surface area (Å²) in [5.74, 6) is 0.832. The highest BCUT2D eigenvalue weighted by molar-refractivity contribution is 6.30. The average Bonchev–Trinajstić information content (AvgIpc) is 3.25. The van der Waals surface area contributed by atoms with Crippen LogP contribution in [-0.4, -0.2) is 34.9 Å². The Kier molecular flexibility index (Phi) is 5.48. The molecule has 0 unspecified atom stereocenters. The summed E-state index contributed by atoms with van der Waals surface area (Å²) in [4.78, 5) is 12.0. The van der Waals surface area contributed by atoms with Crippen LogP contribution >= 0.6 is 11.6 Å². The zero-order valence-electron chi connectivity index (χ0n) is 13.5. The molecule has 1 aliphatic rings. The Morgan fingerprint density at radius 1 is 1.38 bits per heavy atom. The smallest absolute Gasteiger partial charge is 0.247 e. The van der Waals surface area contributed by atoms with Gasteiger partial charge in [0.05, 0.1) is 12.1 Å². The largest absolute Gasteiger partial charge is 0.421 e. The van der Waals surface area contributed by atoms with E-state index < -0.39 is 0 Å². The number of hydrogen-bond donors (Lipinski definition) is 1. The molecule has 3 rings (SSSR count). The van der Waals surface area contributed by atoms with Crippen LogP contribution < -0.4 is 5.32 Å². The second-order valence-corrected chi connectivity index (χ2v) is 6.35. The third kappa shape index (κ3) is 4.33. The summed E-state index contributed by atoms with van der Waals surface area (Å²) in [6, 6.07) is 7.18. The molecule has 6 nitrogen and oxygen atoms in total. The van der Waals surface area contributed by atoms with Crippen LogP contribution in [0.15, 0.2) is 28.7 Å². The number of nitrogens with zero attached hydrogens (tertiary/aromatic N) is 2. The van der Waals surface area contributed by atoms with Crippen molar-refractivity contribution in [3.8, 4) is 11.5 Å². The van der Waals surface area contributed by atoms with Crippen molar-refractivity contribution < 1.29 is 13.9 Å². The number of aryl methyl sites for hydroxylation is 1. The van der Waals surface area contributed by atoms with Crippen molar-refractivity contribution in [2.45, 2.75) is 44.8 Å². The number of aromatic nitrogens is 2. The van der Waals surface area contributed by atoms with Crippen LogP contribution in [0.5, 0.6) is 0 Å². The fourth-order valence-electron chi connectivity index (χ4n) is 2.70. The number of nitrogens with one attached hydrogen (secondary N) is 1.